The average molecular weight is 313 g/mol. The van der Waals surface area contributed by atoms with E-state index in [9.17, 15) is 4.39 Å². The second kappa shape index (κ2) is 5.39. The molecule has 0 saturated carbocycles. The summed E-state index contributed by atoms with van der Waals surface area (Å²) in [5, 5.41) is 7.27. The number of nitrogens with two attached hydrogens (primary N) is 1. The lowest BCUT2D eigenvalue weighted by atomic mass is 10.2. The number of anilines is 2. The van der Waals surface area contributed by atoms with E-state index in [4.69, 9.17) is 5.73 Å². The summed E-state index contributed by atoms with van der Waals surface area (Å²) in [6.45, 7) is 0.716. The van der Waals surface area contributed by atoms with Crippen LogP contribution in [0.5, 0.6) is 0 Å². The Balaban J connectivity index is 1.96. The van der Waals surface area contributed by atoms with Gasteiger partial charge in [0, 0.05) is 25.9 Å². The highest BCUT2D eigenvalue weighted by molar-refractivity contribution is 9.10. The number of nitrogens with one attached hydrogen (secondary N) is 1. The molecule has 0 aliphatic heterocycles. The van der Waals surface area contributed by atoms with Crippen LogP contribution in [0.15, 0.2) is 29.0 Å². The molecule has 0 aliphatic rings. The van der Waals surface area contributed by atoms with E-state index in [0.717, 1.165) is 17.7 Å². The summed E-state index contributed by atoms with van der Waals surface area (Å²) in [4.78, 5) is 0. The predicted molar refractivity (Wildman–Crippen MR) is 73.9 cm³/mol. The van der Waals surface area contributed by atoms with E-state index >= 15 is 0 Å². The first-order valence-electron chi connectivity index (χ1n) is 5.52. The minimum Gasteiger partial charge on any atom is -0.397 e. The smallest absolute Gasteiger partial charge is 0.139 e. The number of nitrogen functional groups attached to an aromatic ring is 1. The molecular formula is C12H14BrFN4. The highest BCUT2D eigenvalue weighted by Crippen LogP contribution is 2.26. The van der Waals surface area contributed by atoms with Crippen molar-refractivity contribution in [3.8, 4) is 0 Å². The molecule has 18 heavy (non-hydrogen) atoms. The number of aromatic nitrogens is 2. The van der Waals surface area contributed by atoms with Crippen LogP contribution >= 0.6 is 15.9 Å². The number of nitrogens with zero attached hydrogens (tertiary/aromatic N) is 2. The molecule has 0 atom stereocenters. The molecular weight excluding hydrogens is 299 g/mol. The molecule has 4 nitrogen and oxygen atoms in total. The summed E-state index contributed by atoms with van der Waals surface area (Å²) in [5.41, 5.74) is 8.01. The second-order valence-corrected chi connectivity index (χ2v) is 4.91. The summed E-state index contributed by atoms with van der Waals surface area (Å²) >= 11 is 3.14. The van der Waals surface area contributed by atoms with Crippen LogP contribution in [0.2, 0.25) is 0 Å². The molecule has 0 bridgehead atoms. The lowest BCUT2D eigenvalue weighted by Gasteiger charge is -2.09. The van der Waals surface area contributed by atoms with Crippen molar-refractivity contribution in [1.29, 1.82) is 0 Å². The second-order valence-electron chi connectivity index (χ2n) is 4.05. The number of aryl methyl sites for hydroxylation is 1. The first kappa shape index (κ1) is 12.9. The normalized spacial score (nSPS) is 10.6. The molecule has 0 aliphatic carbocycles. The molecule has 0 saturated heterocycles. The van der Waals surface area contributed by atoms with Crippen LogP contribution in [0, 0.1) is 5.82 Å². The topological polar surface area (TPSA) is 55.9 Å². The number of halogens is 2. The summed E-state index contributed by atoms with van der Waals surface area (Å²) in [6.07, 6.45) is 4.62. The summed E-state index contributed by atoms with van der Waals surface area (Å²) < 4.78 is 15.3. The van der Waals surface area contributed by atoms with Crippen LogP contribution in [-0.4, -0.2) is 16.3 Å². The molecule has 2 rings (SSSR count). The molecule has 0 spiro atoms. The van der Waals surface area contributed by atoms with Gasteiger partial charge in [0.25, 0.3) is 0 Å². The minimum absolute atomic E-state index is 0.356. The van der Waals surface area contributed by atoms with E-state index in [0.29, 0.717) is 16.7 Å². The molecule has 6 heteroatoms. The van der Waals surface area contributed by atoms with E-state index < -0.39 is 0 Å². The van der Waals surface area contributed by atoms with E-state index in [-0.39, 0.29) is 5.82 Å². The lowest BCUT2D eigenvalue weighted by molar-refractivity contribution is 0.622. The van der Waals surface area contributed by atoms with E-state index in [1.807, 2.05) is 19.4 Å². The number of hydrogen-bond acceptors (Lipinski definition) is 3. The summed E-state index contributed by atoms with van der Waals surface area (Å²) in [5.74, 6) is -0.356. The Morgan fingerprint density at radius 2 is 2.28 bits per heavy atom. The van der Waals surface area contributed by atoms with Crippen molar-refractivity contribution in [2.24, 2.45) is 7.05 Å². The predicted octanol–water partition coefficient (Wildman–Crippen LogP) is 2.56. The fourth-order valence-corrected chi connectivity index (χ4v) is 2.00. The fraction of sp³-hybridized carbons (Fsp3) is 0.250. The maximum atomic E-state index is 13.2. The van der Waals surface area contributed by atoms with Gasteiger partial charge < -0.3 is 11.1 Å². The Morgan fingerprint density at radius 1 is 1.50 bits per heavy atom. The van der Waals surface area contributed by atoms with Crippen LogP contribution < -0.4 is 11.1 Å². The van der Waals surface area contributed by atoms with Gasteiger partial charge in [0.05, 0.1) is 22.0 Å². The first-order chi connectivity index (χ1) is 8.56. The largest absolute Gasteiger partial charge is 0.397 e. The van der Waals surface area contributed by atoms with Crippen LogP contribution in [0.4, 0.5) is 15.8 Å². The maximum absolute atomic E-state index is 13.2. The molecule has 0 radical (unpaired) electrons. The highest BCUT2D eigenvalue weighted by Gasteiger charge is 2.05. The van der Waals surface area contributed by atoms with E-state index in [1.165, 1.54) is 6.07 Å². The summed E-state index contributed by atoms with van der Waals surface area (Å²) in [6, 6.07) is 2.95. The van der Waals surface area contributed by atoms with Gasteiger partial charge >= 0.3 is 0 Å². The monoisotopic (exact) mass is 312 g/mol. The maximum Gasteiger partial charge on any atom is 0.139 e. The number of benzene rings is 1. The first-order valence-corrected chi connectivity index (χ1v) is 6.31. The highest BCUT2D eigenvalue weighted by atomic mass is 79.9. The Hall–Kier alpha value is -1.56. The van der Waals surface area contributed by atoms with Gasteiger partial charge in [-0.3, -0.25) is 4.68 Å². The van der Waals surface area contributed by atoms with Crippen molar-refractivity contribution in [3.05, 3.63) is 40.4 Å². The van der Waals surface area contributed by atoms with Crippen molar-refractivity contribution in [3.63, 3.8) is 0 Å². The average Bonchev–Trinajstić information content (AvgIpc) is 2.71. The zero-order chi connectivity index (χ0) is 13.1. The lowest BCUT2D eigenvalue weighted by Crippen LogP contribution is -2.07. The zero-order valence-corrected chi connectivity index (χ0v) is 11.5. The molecule has 96 valence electrons. The third-order valence-corrected chi connectivity index (χ3v) is 3.19. The van der Waals surface area contributed by atoms with Gasteiger partial charge in [0.2, 0.25) is 0 Å². The standard InChI is InChI=1S/C12H14BrFN4/c1-18-7-8(6-17-18)2-3-16-12-4-9(13)10(14)5-11(12)15/h4-7,16H,2-3,15H2,1H3. The van der Waals surface area contributed by atoms with Crippen LogP contribution in [0.1, 0.15) is 5.56 Å². The van der Waals surface area contributed by atoms with Crippen molar-refractivity contribution >= 4 is 27.3 Å². The molecule has 0 fully saturated rings. The van der Waals surface area contributed by atoms with Crippen molar-refractivity contribution in [2.75, 3.05) is 17.6 Å². The SMILES string of the molecule is Cn1cc(CCNc2cc(Br)c(F)cc2N)cn1. The van der Waals surface area contributed by atoms with Gasteiger partial charge in [-0.15, -0.1) is 0 Å². The van der Waals surface area contributed by atoms with Gasteiger partial charge in [0.1, 0.15) is 5.82 Å². The number of hydrogen-bond donors (Lipinski definition) is 2. The van der Waals surface area contributed by atoms with E-state index in [1.54, 1.807) is 10.7 Å². The van der Waals surface area contributed by atoms with Crippen LogP contribution in [0.25, 0.3) is 0 Å². The van der Waals surface area contributed by atoms with Crippen molar-refractivity contribution in [2.45, 2.75) is 6.42 Å². The molecule has 0 unspecified atom stereocenters. The Morgan fingerprint density at radius 3 is 2.94 bits per heavy atom. The van der Waals surface area contributed by atoms with Gasteiger partial charge in [0.15, 0.2) is 0 Å². The molecule has 1 heterocycles. The zero-order valence-electron chi connectivity index (χ0n) is 9.95. The van der Waals surface area contributed by atoms with Gasteiger partial charge in [-0.1, -0.05) is 0 Å². The van der Waals surface area contributed by atoms with Gasteiger partial charge in [-0.05, 0) is 34.0 Å². The molecule has 2 aromatic rings. The third-order valence-electron chi connectivity index (χ3n) is 2.58. The third kappa shape index (κ3) is 3.01. The Kier molecular flexibility index (Phi) is 3.86. The van der Waals surface area contributed by atoms with Crippen LogP contribution in [0.3, 0.4) is 0 Å². The molecule has 0 amide bonds. The van der Waals surface area contributed by atoms with Crippen LogP contribution in [-0.2, 0) is 13.5 Å². The molecule has 1 aromatic heterocycles. The Labute approximate surface area is 113 Å². The van der Waals surface area contributed by atoms with Gasteiger partial charge in [-0.2, -0.15) is 5.10 Å². The van der Waals surface area contributed by atoms with Gasteiger partial charge in [-0.25, -0.2) is 4.39 Å². The fourth-order valence-electron chi connectivity index (χ4n) is 1.66. The number of rotatable bonds is 4. The van der Waals surface area contributed by atoms with E-state index in [2.05, 4.69) is 26.3 Å². The summed E-state index contributed by atoms with van der Waals surface area (Å²) in [7, 11) is 1.88. The minimum atomic E-state index is -0.356. The quantitative estimate of drug-likeness (QED) is 0.853. The molecule has 1 aromatic carbocycles. The van der Waals surface area contributed by atoms with Crippen molar-refractivity contribution in [1.82, 2.24) is 9.78 Å². The Bertz CT molecular complexity index is 553. The van der Waals surface area contributed by atoms with Crippen molar-refractivity contribution < 1.29 is 4.39 Å². The molecule has 3 N–H and O–H groups in total.